The standard InChI is InChI=1S/C15H16Cl4N2O/c1-14(9-15(14,18)19)13(22)21-20-12(3-2-8-16)10-4-6-11(17)7-5-10/h4-7H,2-3,8-9H2,1H3,(H,21,22)/b20-12+. The van der Waals surface area contributed by atoms with Gasteiger partial charge in [-0.05, 0) is 43.9 Å². The molecule has 1 N–H and O–H groups in total. The highest BCUT2D eigenvalue weighted by atomic mass is 35.5. The molecule has 0 bridgehead atoms. The second-order valence-electron chi connectivity index (χ2n) is 5.51. The molecule has 0 aromatic heterocycles. The third-order valence-corrected chi connectivity index (χ3v) is 5.40. The van der Waals surface area contributed by atoms with Gasteiger partial charge in [-0.2, -0.15) is 5.10 Å². The molecule has 1 unspecified atom stereocenters. The molecular weight excluding hydrogens is 366 g/mol. The lowest BCUT2D eigenvalue weighted by Gasteiger charge is -2.11. The predicted octanol–water partition coefficient (Wildman–Crippen LogP) is 4.76. The van der Waals surface area contributed by atoms with E-state index in [2.05, 4.69) is 10.5 Å². The summed E-state index contributed by atoms with van der Waals surface area (Å²) in [4.78, 5) is 12.2. The smallest absolute Gasteiger partial charge is 0.249 e. The van der Waals surface area contributed by atoms with Gasteiger partial charge in [-0.3, -0.25) is 4.79 Å². The van der Waals surface area contributed by atoms with Crippen LogP contribution < -0.4 is 5.43 Å². The number of carbonyl (C=O) groups excluding carboxylic acids is 1. The van der Waals surface area contributed by atoms with Crippen molar-refractivity contribution in [2.24, 2.45) is 10.5 Å². The van der Waals surface area contributed by atoms with Gasteiger partial charge in [-0.25, -0.2) is 5.43 Å². The van der Waals surface area contributed by atoms with Crippen LogP contribution in [0.3, 0.4) is 0 Å². The van der Waals surface area contributed by atoms with Crippen LogP contribution in [0.4, 0.5) is 0 Å². The zero-order valence-electron chi connectivity index (χ0n) is 12.0. The molecular formula is C15H16Cl4N2O. The molecule has 1 amide bonds. The van der Waals surface area contributed by atoms with Crippen molar-refractivity contribution in [2.45, 2.75) is 30.5 Å². The zero-order valence-corrected chi connectivity index (χ0v) is 15.0. The first-order valence-corrected chi connectivity index (χ1v) is 8.54. The summed E-state index contributed by atoms with van der Waals surface area (Å²) in [7, 11) is 0. The maximum Gasteiger partial charge on any atom is 0.249 e. The Hall–Kier alpha value is -0.480. The van der Waals surface area contributed by atoms with E-state index in [1.807, 2.05) is 12.1 Å². The van der Waals surface area contributed by atoms with Gasteiger partial charge in [0, 0.05) is 10.9 Å². The van der Waals surface area contributed by atoms with Crippen LogP contribution in [0.2, 0.25) is 5.02 Å². The first-order chi connectivity index (χ1) is 10.3. The van der Waals surface area contributed by atoms with E-state index in [0.717, 1.165) is 17.7 Å². The van der Waals surface area contributed by atoms with Crippen molar-refractivity contribution < 1.29 is 4.79 Å². The summed E-state index contributed by atoms with van der Waals surface area (Å²) in [6, 6.07) is 7.26. The summed E-state index contributed by atoms with van der Waals surface area (Å²) >= 11 is 23.6. The maximum absolute atomic E-state index is 12.2. The van der Waals surface area contributed by atoms with Crippen LogP contribution in [0.25, 0.3) is 0 Å². The van der Waals surface area contributed by atoms with E-state index in [9.17, 15) is 4.79 Å². The summed E-state index contributed by atoms with van der Waals surface area (Å²) < 4.78 is -1.01. The number of hydrazone groups is 1. The Morgan fingerprint density at radius 1 is 1.32 bits per heavy atom. The molecule has 0 aliphatic heterocycles. The van der Waals surface area contributed by atoms with Gasteiger partial charge in [0.05, 0.1) is 11.1 Å². The molecule has 1 aromatic carbocycles. The monoisotopic (exact) mass is 380 g/mol. The van der Waals surface area contributed by atoms with Gasteiger partial charge in [0.25, 0.3) is 0 Å². The SMILES string of the molecule is CC1(C(=O)N/N=C(\CCCCl)c2ccc(Cl)cc2)CC1(Cl)Cl. The van der Waals surface area contributed by atoms with Gasteiger partial charge in [-0.1, -0.05) is 23.7 Å². The van der Waals surface area contributed by atoms with Crippen molar-refractivity contribution >= 4 is 58.0 Å². The Morgan fingerprint density at radius 3 is 2.41 bits per heavy atom. The fourth-order valence-electron chi connectivity index (χ4n) is 2.03. The molecule has 1 fully saturated rings. The molecule has 1 atom stereocenters. The third-order valence-electron chi connectivity index (χ3n) is 3.78. The summed E-state index contributed by atoms with van der Waals surface area (Å²) in [5.74, 6) is 0.236. The summed E-state index contributed by atoms with van der Waals surface area (Å²) in [6.07, 6.45) is 1.82. The molecule has 1 aromatic rings. The zero-order chi connectivity index (χ0) is 16.4. The Balaban J connectivity index is 2.12. The number of benzene rings is 1. The minimum absolute atomic E-state index is 0.283. The van der Waals surface area contributed by atoms with Gasteiger partial charge >= 0.3 is 0 Å². The second kappa shape index (κ2) is 6.96. The van der Waals surface area contributed by atoms with E-state index in [1.165, 1.54) is 0 Å². The fraction of sp³-hybridized carbons (Fsp3) is 0.467. The average Bonchev–Trinajstić information content (AvgIpc) is 3.00. The quantitative estimate of drug-likeness (QED) is 0.430. The van der Waals surface area contributed by atoms with E-state index in [-0.39, 0.29) is 5.91 Å². The normalized spacial score (nSPS) is 23.2. The number of nitrogens with one attached hydrogen (secondary N) is 1. The lowest BCUT2D eigenvalue weighted by molar-refractivity contribution is -0.125. The minimum atomic E-state index is -1.01. The number of alkyl halides is 3. The Bertz CT molecular complexity index is 586. The molecule has 0 radical (unpaired) electrons. The van der Waals surface area contributed by atoms with Crippen LogP contribution in [-0.4, -0.2) is 21.8 Å². The van der Waals surface area contributed by atoms with Crippen LogP contribution >= 0.6 is 46.4 Å². The van der Waals surface area contributed by atoms with E-state index < -0.39 is 9.75 Å². The molecule has 1 aliphatic carbocycles. The van der Waals surface area contributed by atoms with E-state index in [1.54, 1.807) is 19.1 Å². The number of hydrogen-bond acceptors (Lipinski definition) is 2. The van der Waals surface area contributed by atoms with Crippen LogP contribution in [0.1, 0.15) is 31.7 Å². The molecule has 22 heavy (non-hydrogen) atoms. The number of hydrogen-bond donors (Lipinski definition) is 1. The lowest BCUT2D eigenvalue weighted by atomic mass is 10.1. The van der Waals surface area contributed by atoms with E-state index in [4.69, 9.17) is 46.4 Å². The molecule has 0 spiro atoms. The molecule has 1 saturated carbocycles. The van der Waals surface area contributed by atoms with Crippen LogP contribution in [0.5, 0.6) is 0 Å². The highest BCUT2D eigenvalue weighted by Gasteiger charge is 2.68. The topological polar surface area (TPSA) is 41.5 Å². The van der Waals surface area contributed by atoms with E-state index in [0.29, 0.717) is 23.7 Å². The maximum atomic E-state index is 12.2. The summed E-state index contributed by atoms with van der Waals surface area (Å²) in [6.45, 7) is 1.72. The highest BCUT2D eigenvalue weighted by molar-refractivity contribution is 6.53. The van der Waals surface area contributed by atoms with Gasteiger partial charge in [-0.15, -0.1) is 34.8 Å². The third kappa shape index (κ3) is 3.88. The Morgan fingerprint density at radius 2 is 1.91 bits per heavy atom. The average molecular weight is 382 g/mol. The molecule has 2 rings (SSSR count). The molecule has 0 heterocycles. The number of halogens is 4. The number of carbonyl (C=O) groups is 1. The van der Waals surface area contributed by atoms with Crippen LogP contribution in [0, 0.1) is 5.41 Å². The fourth-order valence-corrected chi connectivity index (χ4v) is 2.99. The molecule has 7 heteroatoms. The van der Waals surface area contributed by atoms with Gasteiger partial charge < -0.3 is 0 Å². The molecule has 1 aliphatic rings. The second-order valence-corrected chi connectivity index (χ2v) is 7.81. The minimum Gasteiger partial charge on any atom is -0.272 e. The van der Waals surface area contributed by atoms with Crippen LogP contribution in [-0.2, 0) is 4.79 Å². The lowest BCUT2D eigenvalue weighted by Crippen LogP contribution is -2.30. The van der Waals surface area contributed by atoms with E-state index >= 15 is 0 Å². The predicted molar refractivity (Wildman–Crippen MR) is 93.2 cm³/mol. The van der Waals surface area contributed by atoms with Crippen molar-refractivity contribution in [1.29, 1.82) is 0 Å². The highest BCUT2D eigenvalue weighted by Crippen LogP contribution is 2.63. The first kappa shape index (κ1) is 17.9. The molecule has 3 nitrogen and oxygen atoms in total. The Labute approximate surface area is 149 Å². The van der Waals surface area contributed by atoms with Gasteiger partial charge in [0.1, 0.15) is 4.33 Å². The number of rotatable bonds is 6. The first-order valence-electron chi connectivity index (χ1n) is 6.87. The van der Waals surface area contributed by atoms with Crippen LogP contribution in [0.15, 0.2) is 29.4 Å². The van der Waals surface area contributed by atoms with Gasteiger partial charge in [0.15, 0.2) is 0 Å². The van der Waals surface area contributed by atoms with Crippen molar-refractivity contribution in [3.63, 3.8) is 0 Å². The largest absolute Gasteiger partial charge is 0.272 e. The summed E-state index contributed by atoms with van der Waals surface area (Å²) in [5.41, 5.74) is 3.40. The molecule has 0 saturated heterocycles. The van der Waals surface area contributed by atoms with Crippen molar-refractivity contribution in [1.82, 2.24) is 5.43 Å². The van der Waals surface area contributed by atoms with Crippen molar-refractivity contribution in [3.8, 4) is 0 Å². The summed E-state index contributed by atoms with van der Waals surface area (Å²) in [5, 5.41) is 4.87. The van der Waals surface area contributed by atoms with Gasteiger partial charge in [0.2, 0.25) is 5.91 Å². The van der Waals surface area contributed by atoms with Crippen molar-refractivity contribution in [2.75, 3.05) is 5.88 Å². The molecule has 120 valence electrons. The number of nitrogens with zero attached hydrogens (tertiary/aromatic N) is 1. The Kier molecular flexibility index (Phi) is 5.65. The number of amides is 1. The van der Waals surface area contributed by atoms with Crippen molar-refractivity contribution in [3.05, 3.63) is 34.9 Å².